The number of hydrogen-bond donors (Lipinski definition) is 0. The molecule has 0 heterocycles. The Morgan fingerprint density at radius 2 is 1.19 bits per heavy atom. The molecular formula is C16H35ClO3Sn. The molecule has 3 nitrogen and oxygen atoms in total. The molecule has 0 aromatic rings. The van der Waals surface area contributed by atoms with Crippen LogP contribution in [0.2, 0.25) is 13.3 Å². The third-order valence-corrected chi connectivity index (χ3v) is 18.2. The number of halogens is 1. The second kappa shape index (κ2) is 15.8. The van der Waals surface area contributed by atoms with E-state index in [0.29, 0.717) is 26.4 Å². The molecule has 0 rings (SSSR count). The van der Waals surface area contributed by atoms with Gasteiger partial charge in [0.05, 0.1) is 0 Å². The van der Waals surface area contributed by atoms with Crippen LogP contribution in [0.4, 0.5) is 0 Å². The second-order valence-corrected chi connectivity index (χ2v) is 21.9. The first kappa shape index (κ1) is 22.0. The third kappa shape index (κ3) is 14.3. The topological polar surface area (TPSA) is 27.7 Å². The molecule has 0 fully saturated rings. The quantitative estimate of drug-likeness (QED) is 0.260. The van der Waals surface area contributed by atoms with E-state index < -0.39 is 17.3 Å². The van der Waals surface area contributed by atoms with Gasteiger partial charge in [-0.2, -0.15) is 0 Å². The summed E-state index contributed by atoms with van der Waals surface area (Å²) in [5.74, 6) is 0. The van der Waals surface area contributed by atoms with E-state index in [1.165, 1.54) is 39.0 Å². The van der Waals surface area contributed by atoms with Gasteiger partial charge in [0, 0.05) is 0 Å². The van der Waals surface area contributed by atoms with Crippen molar-refractivity contribution < 1.29 is 14.2 Å². The summed E-state index contributed by atoms with van der Waals surface area (Å²) in [4.78, 5) is 0. The van der Waals surface area contributed by atoms with Gasteiger partial charge < -0.3 is 0 Å². The molecular weight excluding hydrogens is 394 g/mol. The molecule has 0 saturated carbocycles. The van der Waals surface area contributed by atoms with Crippen molar-refractivity contribution in [2.75, 3.05) is 40.1 Å². The molecule has 0 aromatic carbocycles. The molecule has 0 N–H and O–H groups in total. The predicted molar refractivity (Wildman–Crippen MR) is 94.0 cm³/mol. The van der Waals surface area contributed by atoms with Crippen molar-refractivity contribution in [3.05, 3.63) is 0 Å². The summed E-state index contributed by atoms with van der Waals surface area (Å²) in [6.07, 6.45) is 6.31. The van der Waals surface area contributed by atoms with Crippen molar-refractivity contribution >= 4 is 26.2 Å². The SMILES string of the molecule is CCC[CH2][Sn]([Cl])([CH2]CCC)[CH2]CCOCCOCCOC. The van der Waals surface area contributed by atoms with E-state index in [2.05, 4.69) is 13.8 Å². The molecule has 0 spiro atoms. The van der Waals surface area contributed by atoms with Gasteiger partial charge in [-0.25, -0.2) is 0 Å². The summed E-state index contributed by atoms with van der Waals surface area (Å²) in [6, 6.07) is 0. The Morgan fingerprint density at radius 3 is 1.71 bits per heavy atom. The summed E-state index contributed by atoms with van der Waals surface area (Å²) in [5.41, 5.74) is 0. The van der Waals surface area contributed by atoms with Crippen molar-refractivity contribution in [3.63, 3.8) is 0 Å². The van der Waals surface area contributed by atoms with Crippen LogP contribution in [0, 0.1) is 0 Å². The van der Waals surface area contributed by atoms with E-state index in [4.69, 9.17) is 23.1 Å². The Kier molecular flexibility index (Phi) is 16.6. The number of ether oxygens (including phenoxy) is 3. The molecule has 21 heavy (non-hydrogen) atoms. The van der Waals surface area contributed by atoms with Crippen LogP contribution in [-0.4, -0.2) is 57.4 Å². The van der Waals surface area contributed by atoms with Crippen LogP contribution >= 0.6 is 8.92 Å². The van der Waals surface area contributed by atoms with Gasteiger partial charge in [-0.15, -0.1) is 0 Å². The zero-order chi connectivity index (χ0) is 15.8. The molecule has 0 saturated heterocycles. The van der Waals surface area contributed by atoms with E-state index in [-0.39, 0.29) is 0 Å². The van der Waals surface area contributed by atoms with Crippen LogP contribution in [-0.2, 0) is 14.2 Å². The summed E-state index contributed by atoms with van der Waals surface area (Å²) in [6.45, 7) is 7.98. The first-order valence-electron chi connectivity index (χ1n) is 8.52. The Labute approximate surface area is 139 Å². The van der Waals surface area contributed by atoms with Gasteiger partial charge in [0.15, 0.2) is 0 Å². The van der Waals surface area contributed by atoms with Crippen molar-refractivity contribution in [3.8, 4) is 0 Å². The molecule has 0 aliphatic rings. The standard InChI is InChI=1S/C8H17O3.2C4H9.ClH.Sn/c1-3-4-10-7-8-11-6-5-9-2;2*1-3-4-2;;/h1,3-8H2,2H3;2*1,3-4H2,2H3;1H;/q;;;;+1/p-1. The van der Waals surface area contributed by atoms with Gasteiger partial charge in [0.2, 0.25) is 0 Å². The fraction of sp³-hybridized carbons (Fsp3) is 1.00. The average molecular weight is 430 g/mol. The van der Waals surface area contributed by atoms with Gasteiger partial charge in [0.25, 0.3) is 0 Å². The first-order valence-corrected chi connectivity index (χ1v) is 18.2. The van der Waals surface area contributed by atoms with E-state index in [0.717, 1.165) is 13.0 Å². The number of unbranched alkanes of at least 4 members (excludes halogenated alkanes) is 2. The summed E-state index contributed by atoms with van der Waals surface area (Å²) >= 11 is -2.31. The second-order valence-electron chi connectivity index (χ2n) is 5.68. The summed E-state index contributed by atoms with van der Waals surface area (Å²) in [7, 11) is 8.69. The van der Waals surface area contributed by atoms with Crippen LogP contribution in [0.15, 0.2) is 0 Å². The predicted octanol–water partition coefficient (Wildman–Crippen LogP) is 4.84. The van der Waals surface area contributed by atoms with Crippen LogP contribution < -0.4 is 0 Å². The van der Waals surface area contributed by atoms with Crippen molar-refractivity contribution in [1.29, 1.82) is 0 Å². The maximum atomic E-state index is 7.01. The van der Waals surface area contributed by atoms with Gasteiger partial charge in [0.1, 0.15) is 0 Å². The number of methoxy groups -OCH3 is 1. The number of rotatable bonds is 16. The minimum absolute atomic E-state index is 0.648. The fourth-order valence-corrected chi connectivity index (χ4v) is 15.0. The minimum atomic E-state index is -2.31. The molecule has 0 amide bonds. The Hall–Kier alpha value is 0.969. The molecule has 0 unspecified atom stereocenters. The number of hydrogen-bond acceptors (Lipinski definition) is 3. The maximum absolute atomic E-state index is 7.01. The van der Waals surface area contributed by atoms with Crippen LogP contribution in [0.3, 0.4) is 0 Å². The van der Waals surface area contributed by atoms with Gasteiger partial charge in [-0.05, 0) is 0 Å². The average Bonchev–Trinajstić information content (AvgIpc) is 2.49. The summed E-state index contributed by atoms with van der Waals surface area (Å²) < 4.78 is 19.9. The van der Waals surface area contributed by atoms with Crippen LogP contribution in [0.5, 0.6) is 0 Å². The molecule has 5 heteroatoms. The Bertz CT molecular complexity index is 210. The van der Waals surface area contributed by atoms with Crippen LogP contribution in [0.25, 0.3) is 0 Å². The zero-order valence-electron chi connectivity index (χ0n) is 14.3. The Morgan fingerprint density at radius 1 is 0.714 bits per heavy atom. The zero-order valence-corrected chi connectivity index (χ0v) is 17.9. The molecule has 0 aromatic heterocycles. The molecule has 0 radical (unpaired) electrons. The summed E-state index contributed by atoms with van der Waals surface area (Å²) in [5, 5.41) is 0. The third-order valence-electron chi connectivity index (χ3n) is 3.67. The first-order chi connectivity index (χ1) is 10.2. The normalized spacial score (nSPS) is 12.0. The monoisotopic (exact) mass is 430 g/mol. The van der Waals surface area contributed by atoms with E-state index >= 15 is 0 Å². The molecule has 128 valence electrons. The molecule has 0 aliphatic heterocycles. The van der Waals surface area contributed by atoms with E-state index in [9.17, 15) is 0 Å². The van der Waals surface area contributed by atoms with Crippen molar-refractivity contribution in [2.24, 2.45) is 0 Å². The molecule has 0 bridgehead atoms. The van der Waals surface area contributed by atoms with Crippen molar-refractivity contribution in [2.45, 2.75) is 59.3 Å². The molecule has 0 aliphatic carbocycles. The van der Waals surface area contributed by atoms with Gasteiger partial charge >= 0.3 is 140 Å². The van der Waals surface area contributed by atoms with Crippen LogP contribution in [0.1, 0.15) is 46.0 Å². The van der Waals surface area contributed by atoms with Crippen molar-refractivity contribution in [1.82, 2.24) is 0 Å². The van der Waals surface area contributed by atoms with E-state index in [1.807, 2.05) is 0 Å². The van der Waals surface area contributed by atoms with E-state index in [1.54, 1.807) is 7.11 Å². The fourth-order valence-electron chi connectivity index (χ4n) is 2.32. The molecule has 0 atom stereocenters. The van der Waals surface area contributed by atoms with Gasteiger partial charge in [-0.1, -0.05) is 0 Å². The Balaban J connectivity index is 3.62. The van der Waals surface area contributed by atoms with Gasteiger partial charge in [-0.3, -0.25) is 0 Å².